The maximum absolute atomic E-state index is 12.0. The van der Waals surface area contributed by atoms with E-state index in [0.29, 0.717) is 5.92 Å². The first kappa shape index (κ1) is 13.7. The molecule has 3 nitrogen and oxygen atoms in total. The second kappa shape index (κ2) is 6.40. The summed E-state index contributed by atoms with van der Waals surface area (Å²) >= 11 is 0. The van der Waals surface area contributed by atoms with E-state index in [0.717, 1.165) is 18.7 Å². The lowest BCUT2D eigenvalue weighted by Gasteiger charge is -2.17. The fourth-order valence-corrected chi connectivity index (χ4v) is 1.61. The molecule has 1 N–H and O–H groups in total. The van der Waals surface area contributed by atoms with Crippen molar-refractivity contribution in [3.05, 3.63) is 35.4 Å². The van der Waals surface area contributed by atoms with Crippen LogP contribution in [0.1, 0.15) is 35.7 Å². The topological polar surface area (TPSA) is 32.3 Å². The van der Waals surface area contributed by atoms with Crippen LogP contribution in [-0.4, -0.2) is 38.0 Å². The predicted octanol–water partition coefficient (Wildman–Crippen LogP) is 2.10. The van der Waals surface area contributed by atoms with Gasteiger partial charge in [0, 0.05) is 25.7 Å². The van der Waals surface area contributed by atoms with Gasteiger partial charge in [-0.1, -0.05) is 26.0 Å². The van der Waals surface area contributed by atoms with Gasteiger partial charge in [0.25, 0.3) is 5.91 Å². The molecule has 0 fully saturated rings. The lowest BCUT2D eigenvalue weighted by Crippen LogP contribution is -2.32. The van der Waals surface area contributed by atoms with Crippen LogP contribution in [0, 0.1) is 0 Å². The Morgan fingerprint density at radius 1 is 1.29 bits per heavy atom. The van der Waals surface area contributed by atoms with E-state index in [9.17, 15) is 4.79 Å². The van der Waals surface area contributed by atoms with Gasteiger partial charge in [-0.15, -0.1) is 0 Å². The highest BCUT2D eigenvalue weighted by Crippen LogP contribution is 2.15. The third kappa shape index (κ3) is 3.86. The van der Waals surface area contributed by atoms with Gasteiger partial charge in [0.15, 0.2) is 0 Å². The first-order valence-corrected chi connectivity index (χ1v) is 6.06. The van der Waals surface area contributed by atoms with E-state index >= 15 is 0 Å². The Morgan fingerprint density at radius 2 is 1.88 bits per heavy atom. The molecule has 0 bridgehead atoms. The van der Waals surface area contributed by atoms with Gasteiger partial charge in [0.1, 0.15) is 0 Å². The van der Waals surface area contributed by atoms with Crippen molar-refractivity contribution in [2.75, 3.05) is 27.2 Å². The number of carbonyl (C=O) groups is 1. The summed E-state index contributed by atoms with van der Waals surface area (Å²) in [5, 5.41) is 3.04. The fourth-order valence-electron chi connectivity index (χ4n) is 1.61. The summed E-state index contributed by atoms with van der Waals surface area (Å²) in [6.45, 7) is 5.83. The van der Waals surface area contributed by atoms with Crippen molar-refractivity contribution in [1.82, 2.24) is 10.2 Å². The normalized spacial score (nSPS) is 10.6. The summed E-state index contributed by atoms with van der Waals surface area (Å²) in [5.41, 5.74) is 2.02. The highest BCUT2D eigenvalue weighted by atomic mass is 16.2. The SMILES string of the molecule is CNCCN(C)C(=O)c1ccc(C(C)C)cc1. The second-order valence-corrected chi connectivity index (χ2v) is 4.61. The van der Waals surface area contributed by atoms with Gasteiger partial charge in [-0.05, 0) is 30.7 Å². The predicted molar refractivity (Wildman–Crippen MR) is 71.4 cm³/mol. The minimum atomic E-state index is 0.0792. The van der Waals surface area contributed by atoms with Crippen molar-refractivity contribution < 1.29 is 4.79 Å². The molecule has 1 aromatic rings. The van der Waals surface area contributed by atoms with Crippen molar-refractivity contribution in [1.29, 1.82) is 0 Å². The highest BCUT2D eigenvalue weighted by molar-refractivity contribution is 5.94. The van der Waals surface area contributed by atoms with E-state index in [2.05, 4.69) is 19.2 Å². The average Bonchev–Trinajstić information content (AvgIpc) is 2.35. The highest BCUT2D eigenvalue weighted by Gasteiger charge is 2.11. The lowest BCUT2D eigenvalue weighted by molar-refractivity contribution is 0.0797. The molecule has 0 spiro atoms. The largest absolute Gasteiger partial charge is 0.340 e. The zero-order valence-corrected chi connectivity index (χ0v) is 11.2. The molecule has 0 unspecified atom stereocenters. The number of carbonyl (C=O) groups excluding carboxylic acids is 1. The van der Waals surface area contributed by atoms with Crippen molar-refractivity contribution in [3.8, 4) is 0 Å². The molecule has 1 aromatic carbocycles. The number of likely N-dealkylation sites (N-methyl/N-ethyl adjacent to an activating group) is 2. The number of rotatable bonds is 5. The Hall–Kier alpha value is -1.35. The van der Waals surface area contributed by atoms with Crippen LogP contribution in [0.4, 0.5) is 0 Å². The molecule has 1 amide bonds. The van der Waals surface area contributed by atoms with E-state index < -0.39 is 0 Å². The van der Waals surface area contributed by atoms with Crippen LogP contribution in [0.3, 0.4) is 0 Å². The van der Waals surface area contributed by atoms with Crippen LogP contribution in [0.15, 0.2) is 24.3 Å². The number of amides is 1. The first-order valence-electron chi connectivity index (χ1n) is 6.06. The molecule has 0 radical (unpaired) electrons. The zero-order valence-electron chi connectivity index (χ0n) is 11.2. The molecule has 17 heavy (non-hydrogen) atoms. The van der Waals surface area contributed by atoms with E-state index in [1.54, 1.807) is 4.90 Å². The third-order valence-corrected chi connectivity index (χ3v) is 2.87. The molecule has 0 aliphatic carbocycles. The average molecular weight is 234 g/mol. The summed E-state index contributed by atoms with van der Waals surface area (Å²) < 4.78 is 0. The van der Waals surface area contributed by atoms with Gasteiger partial charge in [0.2, 0.25) is 0 Å². The molecule has 0 heterocycles. The molecule has 0 saturated carbocycles. The molecule has 0 aliphatic rings. The van der Waals surface area contributed by atoms with Crippen molar-refractivity contribution in [2.24, 2.45) is 0 Å². The van der Waals surface area contributed by atoms with Crippen LogP contribution in [-0.2, 0) is 0 Å². The quantitative estimate of drug-likeness (QED) is 0.846. The molecule has 0 aromatic heterocycles. The third-order valence-electron chi connectivity index (χ3n) is 2.87. The molecule has 1 rings (SSSR count). The van der Waals surface area contributed by atoms with Crippen LogP contribution < -0.4 is 5.32 Å². The number of nitrogens with zero attached hydrogens (tertiary/aromatic N) is 1. The van der Waals surface area contributed by atoms with Crippen LogP contribution in [0.2, 0.25) is 0 Å². The minimum absolute atomic E-state index is 0.0792. The number of hydrogen-bond donors (Lipinski definition) is 1. The van der Waals surface area contributed by atoms with E-state index in [-0.39, 0.29) is 5.91 Å². The summed E-state index contributed by atoms with van der Waals surface area (Å²) in [5.74, 6) is 0.580. The van der Waals surface area contributed by atoms with Gasteiger partial charge < -0.3 is 10.2 Å². The number of benzene rings is 1. The molecule has 3 heteroatoms. The standard InChI is InChI=1S/C14H22N2O/c1-11(2)12-5-7-13(8-6-12)14(17)16(4)10-9-15-3/h5-8,11,15H,9-10H2,1-4H3. The van der Waals surface area contributed by atoms with E-state index in [1.807, 2.05) is 38.4 Å². The summed E-state index contributed by atoms with van der Waals surface area (Å²) in [4.78, 5) is 13.8. The molecular weight excluding hydrogens is 212 g/mol. The van der Waals surface area contributed by atoms with Crippen molar-refractivity contribution in [2.45, 2.75) is 19.8 Å². The molecular formula is C14H22N2O. The summed E-state index contributed by atoms with van der Waals surface area (Å²) in [6, 6.07) is 7.88. The van der Waals surface area contributed by atoms with Crippen molar-refractivity contribution in [3.63, 3.8) is 0 Å². The Bertz CT molecular complexity index is 357. The Balaban J connectivity index is 2.69. The Labute approximate surface area is 104 Å². The van der Waals surface area contributed by atoms with Crippen LogP contribution in [0.5, 0.6) is 0 Å². The van der Waals surface area contributed by atoms with E-state index in [4.69, 9.17) is 0 Å². The van der Waals surface area contributed by atoms with Crippen LogP contribution in [0.25, 0.3) is 0 Å². The monoisotopic (exact) mass is 234 g/mol. The van der Waals surface area contributed by atoms with Gasteiger partial charge in [-0.3, -0.25) is 4.79 Å². The summed E-state index contributed by atoms with van der Waals surface area (Å²) in [6.07, 6.45) is 0. The van der Waals surface area contributed by atoms with Gasteiger partial charge >= 0.3 is 0 Å². The minimum Gasteiger partial charge on any atom is -0.340 e. The summed E-state index contributed by atoms with van der Waals surface area (Å²) in [7, 11) is 3.71. The van der Waals surface area contributed by atoms with E-state index in [1.165, 1.54) is 5.56 Å². The molecule has 0 saturated heterocycles. The van der Waals surface area contributed by atoms with Crippen molar-refractivity contribution >= 4 is 5.91 Å². The molecule has 0 atom stereocenters. The Kier molecular flexibility index (Phi) is 5.16. The first-order chi connectivity index (χ1) is 8.06. The fraction of sp³-hybridized carbons (Fsp3) is 0.500. The van der Waals surface area contributed by atoms with Gasteiger partial charge in [-0.2, -0.15) is 0 Å². The molecule has 94 valence electrons. The maximum atomic E-state index is 12.0. The zero-order chi connectivity index (χ0) is 12.8. The number of nitrogens with one attached hydrogen (secondary N) is 1. The second-order valence-electron chi connectivity index (χ2n) is 4.61. The van der Waals surface area contributed by atoms with Gasteiger partial charge in [-0.25, -0.2) is 0 Å². The number of hydrogen-bond acceptors (Lipinski definition) is 2. The van der Waals surface area contributed by atoms with Gasteiger partial charge in [0.05, 0.1) is 0 Å². The Morgan fingerprint density at radius 3 is 2.35 bits per heavy atom. The lowest BCUT2D eigenvalue weighted by atomic mass is 10.0. The maximum Gasteiger partial charge on any atom is 0.253 e. The molecule has 0 aliphatic heterocycles. The van der Waals surface area contributed by atoms with Crippen LogP contribution >= 0.6 is 0 Å². The smallest absolute Gasteiger partial charge is 0.253 e.